The van der Waals surface area contributed by atoms with Gasteiger partial charge in [0.1, 0.15) is 5.82 Å². The second-order valence-corrected chi connectivity index (χ2v) is 6.60. The number of thiophene rings is 1. The average Bonchev–Trinajstić information content (AvgIpc) is 3.17. The van der Waals surface area contributed by atoms with E-state index in [-0.39, 0.29) is 17.6 Å². The lowest BCUT2D eigenvalue weighted by molar-refractivity contribution is 0.0952. The van der Waals surface area contributed by atoms with Gasteiger partial charge in [-0.25, -0.2) is 4.39 Å². The smallest absolute Gasteiger partial charge is 0.265 e. The van der Waals surface area contributed by atoms with Crippen LogP contribution in [0.15, 0.2) is 66.0 Å². The Morgan fingerprint density at radius 1 is 0.962 bits per heavy atom. The largest absolute Gasteiger partial charge is 0.352 e. The van der Waals surface area contributed by atoms with E-state index in [1.807, 2.05) is 17.5 Å². The summed E-state index contributed by atoms with van der Waals surface area (Å²) in [6, 6.07) is 16.6. The maximum absolute atomic E-state index is 13.1. The number of rotatable bonds is 6. The molecule has 1 heterocycles. The molecule has 3 aromatic rings. The van der Waals surface area contributed by atoms with Crippen molar-refractivity contribution in [2.24, 2.45) is 0 Å². The molecule has 2 amide bonds. The highest BCUT2D eigenvalue weighted by Crippen LogP contribution is 2.15. The molecule has 0 atom stereocenters. The Hall–Kier alpha value is -2.99. The van der Waals surface area contributed by atoms with Gasteiger partial charge < -0.3 is 10.6 Å². The summed E-state index contributed by atoms with van der Waals surface area (Å²) in [7, 11) is 0. The predicted octanol–water partition coefficient (Wildman–Crippen LogP) is 4.11. The first-order chi connectivity index (χ1) is 12.6. The van der Waals surface area contributed by atoms with Crippen molar-refractivity contribution >= 4 is 28.8 Å². The molecule has 2 N–H and O–H groups in total. The van der Waals surface area contributed by atoms with Gasteiger partial charge >= 0.3 is 0 Å². The van der Waals surface area contributed by atoms with Crippen LogP contribution in [0.4, 0.5) is 10.1 Å². The Morgan fingerprint density at radius 2 is 1.81 bits per heavy atom. The molecule has 0 unspecified atom stereocenters. The first-order valence-corrected chi connectivity index (χ1v) is 8.97. The zero-order chi connectivity index (χ0) is 18.4. The van der Waals surface area contributed by atoms with Crippen molar-refractivity contribution in [1.82, 2.24) is 5.32 Å². The van der Waals surface area contributed by atoms with Crippen molar-refractivity contribution < 1.29 is 14.0 Å². The van der Waals surface area contributed by atoms with Gasteiger partial charge in [0.05, 0.1) is 4.88 Å². The van der Waals surface area contributed by atoms with Crippen LogP contribution in [0.1, 0.15) is 25.6 Å². The van der Waals surface area contributed by atoms with E-state index in [1.54, 1.807) is 36.4 Å². The van der Waals surface area contributed by atoms with Crippen molar-refractivity contribution in [3.63, 3.8) is 0 Å². The molecule has 0 saturated heterocycles. The van der Waals surface area contributed by atoms with Gasteiger partial charge in [0.25, 0.3) is 11.8 Å². The molecule has 2 aromatic carbocycles. The monoisotopic (exact) mass is 368 g/mol. The quantitative estimate of drug-likeness (QED) is 0.688. The summed E-state index contributed by atoms with van der Waals surface area (Å²) in [5, 5.41) is 7.41. The highest BCUT2D eigenvalue weighted by atomic mass is 32.1. The summed E-state index contributed by atoms with van der Waals surface area (Å²) in [5.74, 6) is -0.736. The lowest BCUT2D eigenvalue weighted by Gasteiger charge is -2.08. The number of anilines is 1. The third kappa shape index (κ3) is 4.77. The highest BCUT2D eigenvalue weighted by Gasteiger charge is 2.10. The Labute approximate surface area is 154 Å². The van der Waals surface area contributed by atoms with Crippen LogP contribution >= 0.6 is 11.3 Å². The third-order valence-corrected chi connectivity index (χ3v) is 4.58. The van der Waals surface area contributed by atoms with Crippen molar-refractivity contribution in [2.75, 3.05) is 11.9 Å². The molecule has 1 aromatic heterocycles. The molecule has 0 radical (unpaired) electrons. The molecule has 132 valence electrons. The Morgan fingerprint density at radius 3 is 2.58 bits per heavy atom. The van der Waals surface area contributed by atoms with Crippen LogP contribution in [0.25, 0.3) is 0 Å². The first-order valence-electron chi connectivity index (χ1n) is 8.09. The van der Waals surface area contributed by atoms with Crippen LogP contribution in [0.3, 0.4) is 0 Å². The number of carbonyl (C=O) groups is 2. The number of amides is 2. The SMILES string of the molecule is O=C(NCCc1cccc(F)c1)c1cccc(NC(=O)c2cccs2)c1. The zero-order valence-corrected chi connectivity index (χ0v) is 14.7. The minimum Gasteiger partial charge on any atom is -0.352 e. The summed E-state index contributed by atoms with van der Waals surface area (Å²) in [6.07, 6.45) is 0.540. The first kappa shape index (κ1) is 17.8. The molecule has 0 aliphatic carbocycles. The number of hydrogen-bond donors (Lipinski definition) is 2. The maximum atomic E-state index is 13.1. The number of benzene rings is 2. The van der Waals surface area contributed by atoms with Crippen LogP contribution in [-0.4, -0.2) is 18.4 Å². The van der Waals surface area contributed by atoms with E-state index in [9.17, 15) is 14.0 Å². The molecule has 0 saturated carbocycles. The topological polar surface area (TPSA) is 58.2 Å². The van der Waals surface area contributed by atoms with Gasteiger partial charge in [0.2, 0.25) is 0 Å². The summed E-state index contributed by atoms with van der Waals surface area (Å²) in [4.78, 5) is 25.0. The van der Waals surface area contributed by atoms with Gasteiger partial charge in [-0.1, -0.05) is 24.3 Å². The van der Waals surface area contributed by atoms with Crippen molar-refractivity contribution in [2.45, 2.75) is 6.42 Å². The van der Waals surface area contributed by atoms with E-state index in [1.165, 1.54) is 23.5 Å². The van der Waals surface area contributed by atoms with Gasteiger partial charge in [-0.15, -0.1) is 11.3 Å². The van der Waals surface area contributed by atoms with Crippen LogP contribution in [0.2, 0.25) is 0 Å². The summed E-state index contributed by atoms with van der Waals surface area (Å²) in [6.45, 7) is 0.397. The predicted molar refractivity (Wildman–Crippen MR) is 101 cm³/mol. The van der Waals surface area contributed by atoms with Gasteiger partial charge in [0, 0.05) is 17.8 Å². The van der Waals surface area contributed by atoms with Gasteiger partial charge in [-0.05, 0) is 53.8 Å². The molecule has 4 nitrogen and oxygen atoms in total. The lowest BCUT2D eigenvalue weighted by Crippen LogP contribution is -2.25. The van der Waals surface area contributed by atoms with Crippen molar-refractivity contribution in [1.29, 1.82) is 0 Å². The van der Waals surface area contributed by atoms with E-state index in [0.29, 0.717) is 29.1 Å². The van der Waals surface area contributed by atoms with Crippen molar-refractivity contribution in [3.05, 3.63) is 87.9 Å². The number of halogens is 1. The molecular weight excluding hydrogens is 351 g/mol. The highest BCUT2D eigenvalue weighted by molar-refractivity contribution is 7.12. The summed E-state index contributed by atoms with van der Waals surface area (Å²) in [5.41, 5.74) is 1.83. The van der Waals surface area contributed by atoms with Crippen LogP contribution in [0, 0.1) is 5.82 Å². The van der Waals surface area contributed by atoms with E-state index < -0.39 is 0 Å². The molecule has 0 bridgehead atoms. The third-order valence-electron chi connectivity index (χ3n) is 3.72. The minimum absolute atomic E-state index is 0.205. The van der Waals surface area contributed by atoms with Gasteiger partial charge in [-0.3, -0.25) is 9.59 Å². The molecule has 0 fully saturated rings. The van der Waals surface area contributed by atoms with E-state index in [2.05, 4.69) is 10.6 Å². The Bertz CT molecular complexity index is 910. The fourth-order valence-corrected chi connectivity index (χ4v) is 3.07. The second-order valence-electron chi connectivity index (χ2n) is 5.65. The summed E-state index contributed by atoms with van der Waals surface area (Å²) < 4.78 is 13.1. The van der Waals surface area contributed by atoms with Crippen LogP contribution in [-0.2, 0) is 6.42 Å². The fourth-order valence-electron chi connectivity index (χ4n) is 2.45. The average molecular weight is 368 g/mol. The lowest BCUT2D eigenvalue weighted by atomic mass is 10.1. The summed E-state index contributed by atoms with van der Waals surface area (Å²) >= 11 is 1.35. The Balaban J connectivity index is 1.56. The second kappa shape index (κ2) is 8.40. The minimum atomic E-state index is -0.289. The molecule has 3 rings (SSSR count). The van der Waals surface area contributed by atoms with Crippen LogP contribution in [0.5, 0.6) is 0 Å². The van der Waals surface area contributed by atoms with Crippen LogP contribution < -0.4 is 10.6 Å². The Kier molecular flexibility index (Phi) is 5.76. The molecule has 26 heavy (non-hydrogen) atoms. The molecule has 0 aliphatic rings. The number of nitrogens with one attached hydrogen (secondary N) is 2. The standard InChI is InChI=1S/C20H17FN2O2S/c21-16-6-1-4-14(12-16)9-10-22-19(24)15-5-2-7-17(13-15)23-20(25)18-8-3-11-26-18/h1-8,11-13H,9-10H2,(H,22,24)(H,23,25). The molecule has 0 spiro atoms. The number of carbonyl (C=O) groups excluding carboxylic acids is 2. The van der Waals surface area contributed by atoms with E-state index in [4.69, 9.17) is 0 Å². The van der Waals surface area contributed by atoms with Gasteiger partial charge in [0.15, 0.2) is 0 Å². The fraction of sp³-hybridized carbons (Fsp3) is 0.100. The normalized spacial score (nSPS) is 10.3. The number of hydrogen-bond acceptors (Lipinski definition) is 3. The zero-order valence-electron chi connectivity index (χ0n) is 13.9. The molecule has 0 aliphatic heterocycles. The van der Waals surface area contributed by atoms with Gasteiger partial charge in [-0.2, -0.15) is 0 Å². The van der Waals surface area contributed by atoms with E-state index in [0.717, 1.165) is 5.56 Å². The van der Waals surface area contributed by atoms with Crippen molar-refractivity contribution in [3.8, 4) is 0 Å². The molecule has 6 heteroatoms. The van der Waals surface area contributed by atoms with E-state index >= 15 is 0 Å². The maximum Gasteiger partial charge on any atom is 0.265 e. The molecular formula is C20H17FN2O2S.